The lowest BCUT2D eigenvalue weighted by Gasteiger charge is -2.32. The Hall–Kier alpha value is -2.14. The van der Waals surface area contributed by atoms with Gasteiger partial charge in [-0.15, -0.1) is 0 Å². The van der Waals surface area contributed by atoms with Gasteiger partial charge in [-0.25, -0.2) is 9.67 Å². The molecule has 0 radical (unpaired) electrons. The molecular weight excluding hydrogens is 326 g/mol. The molecular formula is C18H22ClN3O2. The SMILES string of the molecule is CCC(=O)OC(/C(=C\c1ccc(Cl)cc1)n1cncn1)C(C)(C)C. The van der Waals surface area contributed by atoms with Crippen LogP contribution in [0.5, 0.6) is 0 Å². The van der Waals surface area contributed by atoms with Crippen LogP contribution in [-0.4, -0.2) is 26.8 Å². The molecule has 1 aromatic carbocycles. The van der Waals surface area contributed by atoms with Crippen molar-refractivity contribution in [2.45, 2.75) is 40.2 Å². The van der Waals surface area contributed by atoms with Gasteiger partial charge in [-0.3, -0.25) is 4.79 Å². The Kier molecular flexibility index (Phi) is 5.78. The van der Waals surface area contributed by atoms with Crippen molar-refractivity contribution in [3.63, 3.8) is 0 Å². The van der Waals surface area contributed by atoms with Crippen LogP contribution in [0.1, 0.15) is 39.7 Å². The summed E-state index contributed by atoms with van der Waals surface area (Å²) in [4.78, 5) is 15.9. The van der Waals surface area contributed by atoms with Crippen molar-refractivity contribution >= 4 is 29.3 Å². The summed E-state index contributed by atoms with van der Waals surface area (Å²) in [6.07, 6.45) is 4.83. The molecule has 0 N–H and O–H groups in total. The fraction of sp³-hybridized carbons (Fsp3) is 0.389. The fourth-order valence-corrected chi connectivity index (χ4v) is 2.35. The van der Waals surface area contributed by atoms with E-state index >= 15 is 0 Å². The summed E-state index contributed by atoms with van der Waals surface area (Å²) in [5, 5.41) is 4.88. The second-order valence-corrected chi connectivity index (χ2v) is 6.99. The van der Waals surface area contributed by atoms with Crippen molar-refractivity contribution < 1.29 is 9.53 Å². The van der Waals surface area contributed by atoms with Crippen LogP contribution < -0.4 is 0 Å². The molecule has 1 atom stereocenters. The number of hydrogen-bond acceptors (Lipinski definition) is 4. The van der Waals surface area contributed by atoms with Gasteiger partial charge in [0.25, 0.3) is 0 Å². The highest BCUT2D eigenvalue weighted by molar-refractivity contribution is 6.30. The van der Waals surface area contributed by atoms with Gasteiger partial charge in [0, 0.05) is 16.9 Å². The summed E-state index contributed by atoms with van der Waals surface area (Å²) in [6, 6.07) is 7.44. The van der Waals surface area contributed by atoms with E-state index < -0.39 is 6.10 Å². The molecule has 0 spiro atoms. The van der Waals surface area contributed by atoms with E-state index in [0.29, 0.717) is 11.4 Å². The second kappa shape index (κ2) is 7.62. The van der Waals surface area contributed by atoms with E-state index in [0.717, 1.165) is 11.3 Å². The van der Waals surface area contributed by atoms with Gasteiger partial charge in [-0.05, 0) is 23.8 Å². The van der Waals surface area contributed by atoms with E-state index in [2.05, 4.69) is 10.1 Å². The summed E-state index contributed by atoms with van der Waals surface area (Å²) in [7, 11) is 0. The summed E-state index contributed by atoms with van der Waals surface area (Å²) >= 11 is 5.95. The molecule has 0 fully saturated rings. The maximum atomic E-state index is 11.9. The smallest absolute Gasteiger partial charge is 0.306 e. The molecule has 2 rings (SSSR count). The Morgan fingerprint density at radius 2 is 2.00 bits per heavy atom. The zero-order valence-corrected chi connectivity index (χ0v) is 15.1. The zero-order valence-electron chi connectivity index (χ0n) is 14.4. The van der Waals surface area contributed by atoms with Crippen LogP contribution in [0, 0.1) is 5.41 Å². The molecule has 5 nitrogen and oxygen atoms in total. The van der Waals surface area contributed by atoms with Crippen molar-refractivity contribution in [1.29, 1.82) is 0 Å². The number of esters is 1. The average Bonchev–Trinajstić information content (AvgIpc) is 3.05. The van der Waals surface area contributed by atoms with Crippen LogP contribution in [0.2, 0.25) is 5.02 Å². The number of nitrogens with zero attached hydrogens (tertiary/aromatic N) is 3. The number of aromatic nitrogens is 3. The first-order valence-corrected chi connectivity index (χ1v) is 8.20. The number of carbonyl (C=O) groups is 1. The lowest BCUT2D eigenvalue weighted by Crippen LogP contribution is -2.34. The molecule has 24 heavy (non-hydrogen) atoms. The highest BCUT2D eigenvalue weighted by Crippen LogP contribution is 2.32. The van der Waals surface area contributed by atoms with Crippen LogP contribution in [0.15, 0.2) is 36.9 Å². The molecule has 0 bridgehead atoms. The first-order valence-electron chi connectivity index (χ1n) is 7.83. The monoisotopic (exact) mass is 347 g/mol. The average molecular weight is 348 g/mol. The van der Waals surface area contributed by atoms with Crippen molar-refractivity contribution in [2.24, 2.45) is 5.41 Å². The summed E-state index contributed by atoms with van der Waals surface area (Å²) in [6.45, 7) is 7.84. The largest absolute Gasteiger partial charge is 0.455 e. The minimum atomic E-state index is -0.470. The van der Waals surface area contributed by atoms with Crippen LogP contribution in [-0.2, 0) is 9.53 Å². The van der Waals surface area contributed by atoms with Gasteiger partial charge in [0.2, 0.25) is 0 Å². The Bertz CT molecular complexity index is 701. The molecule has 2 aromatic rings. The molecule has 1 aromatic heterocycles. The zero-order chi connectivity index (χ0) is 17.7. The number of rotatable bonds is 5. The van der Waals surface area contributed by atoms with Gasteiger partial charge in [0.15, 0.2) is 0 Å². The molecule has 0 saturated carbocycles. The van der Waals surface area contributed by atoms with E-state index in [9.17, 15) is 4.79 Å². The molecule has 1 unspecified atom stereocenters. The Balaban J connectivity index is 2.51. The third kappa shape index (κ3) is 4.68. The lowest BCUT2D eigenvalue weighted by atomic mass is 9.86. The van der Waals surface area contributed by atoms with Gasteiger partial charge >= 0.3 is 5.97 Å². The minimum absolute atomic E-state index is 0.253. The van der Waals surface area contributed by atoms with Crippen LogP contribution in [0.25, 0.3) is 11.8 Å². The number of carbonyl (C=O) groups excluding carboxylic acids is 1. The standard InChI is InChI=1S/C18H22ClN3O2/c1-5-16(23)24-17(18(2,3)4)15(22-12-20-11-21-22)10-13-6-8-14(19)9-7-13/h6-12,17H,5H2,1-4H3/b15-10+. The second-order valence-electron chi connectivity index (χ2n) is 6.55. The number of benzene rings is 1. The highest BCUT2D eigenvalue weighted by atomic mass is 35.5. The first-order chi connectivity index (χ1) is 11.3. The first kappa shape index (κ1) is 18.2. The van der Waals surface area contributed by atoms with Gasteiger partial charge in [0.05, 0.1) is 5.70 Å². The molecule has 6 heteroatoms. The normalized spacial score (nSPS) is 13.6. The Morgan fingerprint density at radius 1 is 1.33 bits per heavy atom. The van der Waals surface area contributed by atoms with E-state index in [4.69, 9.17) is 16.3 Å². The number of ether oxygens (including phenoxy) is 1. The van der Waals surface area contributed by atoms with E-state index in [1.54, 1.807) is 17.9 Å². The van der Waals surface area contributed by atoms with Crippen molar-refractivity contribution in [3.05, 3.63) is 47.5 Å². The Labute approximate surface area is 147 Å². The fourth-order valence-electron chi connectivity index (χ4n) is 2.23. The van der Waals surface area contributed by atoms with E-state index in [1.165, 1.54) is 6.33 Å². The summed E-state index contributed by atoms with van der Waals surface area (Å²) in [5.74, 6) is -0.253. The van der Waals surface area contributed by atoms with Gasteiger partial charge in [-0.2, -0.15) is 5.10 Å². The number of halogens is 1. The topological polar surface area (TPSA) is 57.0 Å². The third-order valence-electron chi connectivity index (χ3n) is 3.46. The summed E-state index contributed by atoms with van der Waals surface area (Å²) < 4.78 is 7.36. The van der Waals surface area contributed by atoms with Crippen molar-refractivity contribution in [2.75, 3.05) is 0 Å². The molecule has 0 aliphatic heterocycles. The van der Waals surface area contributed by atoms with Crippen LogP contribution in [0.4, 0.5) is 0 Å². The molecule has 128 valence electrons. The predicted molar refractivity (Wildman–Crippen MR) is 95.3 cm³/mol. The molecule has 1 heterocycles. The molecule has 0 aliphatic rings. The molecule has 0 aliphatic carbocycles. The van der Waals surface area contributed by atoms with Crippen LogP contribution in [0.3, 0.4) is 0 Å². The quantitative estimate of drug-likeness (QED) is 0.757. The molecule has 0 saturated heterocycles. The van der Waals surface area contributed by atoms with Crippen molar-refractivity contribution in [3.8, 4) is 0 Å². The van der Waals surface area contributed by atoms with Gasteiger partial charge in [-0.1, -0.05) is 51.4 Å². The van der Waals surface area contributed by atoms with Gasteiger partial charge in [0.1, 0.15) is 18.8 Å². The highest BCUT2D eigenvalue weighted by Gasteiger charge is 2.33. The maximum Gasteiger partial charge on any atom is 0.306 e. The maximum absolute atomic E-state index is 11.9. The minimum Gasteiger partial charge on any atom is -0.455 e. The third-order valence-corrected chi connectivity index (χ3v) is 3.71. The van der Waals surface area contributed by atoms with Crippen molar-refractivity contribution in [1.82, 2.24) is 14.8 Å². The summed E-state index contributed by atoms with van der Waals surface area (Å²) in [5.41, 5.74) is 1.37. The van der Waals surface area contributed by atoms with E-state index in [-0.39, 0.29) is 11.4 Å². The van der Waals surface area contributed by atoms with E-state index in [1.807, 2.05) is 51.1 Å². The number of hydrogen-bond donors (Lipinski definition) is 0. The molecule has 0 amide bonds. The predicted octanol–water partition coefficient (Wildman–Crippen LogP) is 4.30. The lowest BCUT2D eigenvalue weighted by molar-refractivity contribution is -0.150. The van der Waals surface area contributed by atoms with Gasteiger partial charge < -0.3 is 4.74 Å². The Morgan fingerprint density at radius 3 is 2.50 bits per heavy atom. The van der Waals surface area contributed by atoms with Crippen LogP contribution >= 0.6 is 11.6 Å².